The maximum absolute atomic E-state index is 3.52. The molecule has 0 aliphatic heterocycles. The van der Waals surface area contributed by atoms with E-state index >= 15 is 0 Å². The quantitative estimate of drug-likeness (QED) is 0.867. The van der Waals surface area contributed by atoms with Crippen LogP contribution in [0.4, 0.5) is 0 Å². The molecule has 0 aromatic carbocycles. The molecule has 3 heteroatoms. The van der Waals surface area contributed by atoms with Crippen LogP contribution in [0.3, 0.4) is 0 Å². The van der Waals surface area contributed by atoms with Crippen LogP contribution in [0.15, 0.2) is 21.7 Å². The number of hydrogen-bond acceptors (Lipinski definition) is 3. The lowest BCUT2D eigenvalue weighted by Crippen LogP contribution is -2.43. The van der Waals surface area contributed by atoms with Gasteiger partial charge in [0.15, 0.2) is 0 Å². The minimum atomic E-state index is 0.451. The van der Waals surface area contributed by atoms with Gasteiger partial charge in [-0.2, -0.15) is 0 Å². The first-order valence-corrected chi connectivity index (χ1v) is 8.64. The van der Waals surface area contributed by atoms with Crippen LogP contribution in [0.2, 0.25) is 0 Å². The summed E-state index contributed by atoms with van der Waals surface area (Å²) < 4.78 is 1.47. The number of thiophene rings is 1. The Bertz CT molecular complexity index is 353. The molecule has 1 aromatic rings. The van der Waals surface area contributed by atoms with Gasteiger partial charge in [0.05, 0.1) is 4.21 Å². The van der Waals surface area contributed by atoms with Crippen molar-refractivity contribution < 1.29 is 0 Å². The monoisotopic (exact) mass is 283 g/mol. The molecule has 0 bridgehead atoms. The largest absolute Gasteiger partial charge is 0.316 e. The van der Waals surface area contributed by atoms with E-state index < -0.39 is 0 Å². The van der Waals surface area contributed by atoms with E-state index in [2.05, 4.69) is 62.4 Å². The van der Waals surface area contributed by atoms with Gasteiger partial charge in [-0.25, -0.2) is 0 Å². The Kier molecular flexibility index (Phi) is 4.79. The Hall–Kier alpha value is 0.01000. The second-order valence-corrected chi connectivity index (χ2v) is 8.85. The van der Waals surface area contributed by atoms with Crippen LogP contribution in [0.5, 0.6) is 0 Å². The molecule has 1 aromatic heterocycles. The lowest BCUT2D eigenvalue weighted by molar-refractivity contribution is 0.167. The van der Waals surface area contributed by atoms with Gasteiger partial charge in [0.2, 0.25) is 0 Å². The summed E-state index contributed by atoms with van der Waals surface area (Å²) in [6.07, 6.45) is 4.04. The molecule has 0 amide bonds. The Morgan fingerprint density at radius 2 is 2.11 bits per heavy atom. The molecule has 1 aliphatic carbocycles. The van der Waals surface area contributed by atoms with Crippen LogP contribution in [0.25, 0.3) is 0 Å². The predicted octanol–water partition coefficient (Wildman–Crippen LogP) is 4.64. The highest BCUT2D eigenvalue weighted by Gasteiger charge is 2.35. The van der Waals surface area contributed by atoms with Crippen molar-refractivity contribution in [2.24, 2.45) is 11.3 Å². The molecule has 3 unspecified atom stereocenters. The molecule has 1 N–H and O–H groups in total. The molecular formula is C15H25NS2. The highest BCUT2D eigenvalue weighted by atomic mass is 32.2. The van der Waals surface area contributed by atoms with Crippen LogP contribution in [0.1, 0.15) is 40.0 Å². The van der Waals surface area contributed by atoms with Crippen molar-refractivity contribution in [1.82, 2.24) is 5.32 Å². The number of rotatable bonds is 3. The summed E-state index contributed by atoms with van der Waals surface area (Å²) in [5, 5.41) is 6.43. The predicted molar refractivity (Wildman–Crippen MR) is 83.6 cm³/mol. The smallest absolute Gasteiger partial charge is 0.0601 e. The summed E-state index contributed by atoms with van der Waals surface area (Å²) in [5.41, 5.74) is 0.451. The van der Waals surface area contributed by atoms with Gasteiger partial charge in [0.1, 0.15) is 0 Å². The van der Waals surface area contributed by atoms with Crippen LogP contribution >= 0.6 is 23.1 Å². The average molecular weight is 284 g/mol. The molecule has 18 heavy (non-hydrogen) atoms. The summed E-state index contributed by atoms with van der Waals surface area (Å²) in [5.74, 6) is 0.861. The molecule has 0 saturated heterocycles. The van der Waals surface area contributed by atoms with Crippen molar-refractivity contribution >= 4 is 23.1 Å². The van der Waals surface area contributed by atoms with E-state index in [0.29, 0.717) is 11.5 Å². The third-order valence-corrected chi connectivity index (χ3v) is 6.58. The lowest BCUT2D eigenvalue weighted by atomic mass is 9.71. The molecule has 2 rings (SSSR count). The average Bonchev–Trinajstić information content (AvgIpc) is 2.80. The zero-order valence-corrected chi connectivity index (χ0v) is 13.5. The van der Waals surface area contributed by atoms with Gasteiger partial charge in [-0.1, -0.05) is 26.8 Å². The van der Waals surface area contributed by atoms with Crippen molar-refractivity contribution in [2.75, 3.05) is 7.05 Å². The number of thioether (sulfide) groups is 1. The second-order valence-electron chi connectivity index (χ2n) is 6.36. The van der Waals surface area contributed by atoms with E-state index in [1.54, 1.807) is 0 Å². The summed E-state index contributed by atoms with van der Waals surface area (Å²) in [7, 11) is 2.12. The first-order valence-electron chi connectivity index (χ1n) is 6.88. The Morgan fingerprint density at radius 1 is 1.33 bits per heavy atom. The molecule has 1 saturated carbocycles. The Labute approximate surface area is 120 Å². The van der Waals surface area contributed by atoms with E-state index in [-0.39, 0.29) is 0 Å². The topological polar surface area (TPSA) is 12.0 Å². The van der Waals surface area contributed by atoms with Gasteiger partial charge < -0.3 is 5.32 Å². The summed E-state index contributed by atoms with van der Waals surface area (Å²) in [4.78, 5) is 0. The fourth-order valence-corrected chi connectivity index (χ4v) is 5.28. The number of nitrogens with one attached hydrogen (secondary N) is 1. The van der Waals surface area contributed by atoms with E-state index in [0.717, 1.165) is 11.2 Å². The third-order valence-electron chi connectivity index (χ3n) is 4.15. The maximum atomic E-state index is 3.52. The van der Waals surface area contributed by atoms with Crippen LogP contribution in [-0.4, -0.2) is 18.3 Å². The summed E-state index contributed by atoms with van der Waals surface area (Å²) >= 11 is 3.95. The third kappa shape index (κ3) is 3.52. The standard InChI is InChI=1S/C15H25NS2/c1-15(2,3)11-7-8-12(16-4)13(10-11)18-14-6-5-9-17-14/h5-6,9,11-13,16H,7-8,10H2,1-4H3. The molecule has 1 nitrogen and oxygen atoms in total. The number of hydrogen-bond donors (Lipinski definition) is 1. The van der Waals surface area contributed by atoms with Gasteiger partial charge in [0, 0.05) is 11.3 Å². The van der Waals surface area contributed by atoms with Crippen molar-refractivity contribution in [1.29, 1.82) is 0 Å². The van der Waals surface area contributed by atoms with Crippen molar-refractivity contribution in [3.05, 3.63) is 17.5 Å². The molecule has 3 atom stereocenters. The SMILES string of the molecule is CNC1CCC(C(C)(C)C)CC1Sc1cccs1. The van der Waals surface area contributed by atoms with E-state index in [4.69, 9.17) is 0 Å². The van der Waals surface area contributed by atoms with Crippen LogP contribution in [0, 0.1) is 11.3 Å². The van der Waals surface area contributed by atoms with Crippen molar-refractivity contribution in [3.63, 3.8) is 0 Å². The minimum Gasteiger partial charge on any atom is -0.316 e. The van der Waals surface area contributed by atoms with Gasteiger partial charge in [-0.15, -0.1) is 23.1 Å². The highest BCUT2D eigenvalue weighted by molar-refractivity contribution is 8.01. The first-order chi connectivity index (χ1) is 8.50. The van der Waals surface area contributed by atoms with E-state index in [9.17, 15) is 0 Å². The van der Waals surface area contributed by atoms with Gasteiger partial charge >= 0.3 is 0 Å². The van der Waals surface area contributed by atoms with Crippen molar-refractivity contribution in [3.8, 4) is 0 Å². The molecule has 1 fully saturated rings. The van der Waals surface area contributed by atoms with Gasteiger partial charge in [-0.05, 0) is 49.1 Å². The maximum Gasteiger partial charge on any atom is 0.0601 e. The fraction of sp³-hybridized carbons (Fsp3) is 0.733. The zero-order chi connectivity index (χ0) is 13.2. The van der Waals surface area contributed by atoms with E-state index in [1.165, 1.54) is 23.5 Å². The van der Waals surface area contributed by atoms with Gasteiger partial charge in [-0.3, -0.25) is 0 Å². The van der Waals surface area contributed by atoms with E-state index in [1.807, 2.05) is 11.3 Å². The molecular weight excluding hydrogens is 258 g/mol. The Morgan fingerprint density at radius 3 is 2.67 bits per heavy atom. The molecule has 0 spiro atoms. The summed E-state index contributed by atoms with van der Waals surface area (Å²) in [6, 6.07) is 5.09. The minimum absolute atomic E-state index is 0.451. The summed E-state index contributed by atoms with van der Waals surface area (Å²) in [6.45, 7) is 7.18. The highest BCUT2D eigenvalue weighted by Crippen LogP contribution is 2.44. The molecule has 102 valence electrons. The second kappa shape index (κ2) is 5.98. The molecule has 1 aliphatic rings. The lowest BCUT2D eigenvalue weighted by Gasteiger charge is -2.41. The zero-order valence-electron chi connectivity index (χ0n) is 11.9. The normalized spacial score (nSPS) is 29.4. The Balaban J connectivity index is 2.04. The van der Waals surface area contributed by atoms with Crippen LogP contribution < -0.4 is 5.32 Å². The first kappa shape index (κ1) is 14.4. The van der Waals surface area contributed by atoms with Crippen LogP contribution in [-0.2, 0) is 0 Å². The van der Waals surface area contributed by atoms with Gasteiger partial charge in [0.25, 0.3) is 0 Å². The fourth-order valence-electron chi connectivity index (χ4n) is 2.86. The molecule has 0 radical (unpaired) electrons. The molecule has 1 heterocycles. The van der Waals surface area contributed by atoms with Crippen molar-refractivity contribution in [2.45, 2.75) is 55.5 Å².